The molecule has 2 aliphatic rings. The van der Waals surface area contributed by atoms with Gasteiger partial charge in [0.2, 0.25) is 0 Å². The van der Waals surface area contributed by atoms with Crippen molar-refractivity contribution < 1.29 is 15.4 Å². The zero-order valence-corrected chi connectivity index (χ0v) is 15.1. The quantitative estimate of drug-likeness (QED) is 0.542. The molecule has 2 aliphatic heterocycles. The summed E-state index contributed by atoms with van der Waals surface area (Å²) in [6, 6.07) is 8.98. The first-order chi connectivity index (χ1) is 15.7. The smallest absolute Gasteiger partial charge is 0.254 e. The number of rotatable bonds is 1. The molecular weight excluding hydrogens is 366 g/mol. The zero-order chi connectivity index (χ0) is 23.1. The predicted molar refractivity (Wildman–Crippen MR) is 106 cm³/mol. The van der Waals surface area contributed by atoms with Crippen LogP contribution in [0.2, 0.25) is 0 Å². The molecule has 1 N–H and O–H groups in total. The number of hydrogen-bond donors (Lipinski definition) is 1. The van der Waals surface area contributed by atoms with Crippen LogP contribution < -0.4 is 0 Å². The maximum Gasteiger partial charge on any atom is 0.254 e. The van der Waals surface area contributed by atoms with E-state index in [9.17, 15) is 9.90 Å². The van der Waals surface area contributed by atoms with Crippen LogP contribution in [0.1, 0.15) is 45.7 Å². The Bertz CT molecular complexity index is 1450. The summed E-state index contributed by atoms with van der Waals surface area (Å²) in [7, 11) is 0. The molecule has 6 rings (SSSR count). The Hall–Kier alpha value is -3.74. The van der Waals surface area contributed by atoms with Gasteiger partial charge in [-0.2, -0.15) is 0 Å². The van der Waals surface area contributed by atoms with Crippen LogP contribution in [0.25, 0.3) is 22.2 Å². The highest BCUT2D eigenvalue weighted by molar-refractivity contribution is 5.98. The van der Waals surface area contributed by atoms with Gasteiger partial charge in [-0.15, -0.1) is 0 Å². The third kappa shape index (κ3) is 2.12. The van der Waals surface area contributed by atoms with Crippen LogP contribution in [-0.4, -0.2) is 42.4 Å². The average Bonchev–Trinajstić information content (AvgIpc) is 3.26. The van der Waals surface area contributed by atoms with Crippen molar-refractivity contribution in [2.75, 3.05) is 6.98 Å². The fourth-order valence-corrected chi connectivity index (χ4v) is 4.52. The molecule has 4 heterocycles. The third-order valence-electron chi connectivity index (χ3n) is 5.81. The number of phenolic OH excluding ortho intramolecular Hbond substituents is 1. The maximum atomic E-state index is 13.3. The van der Waals surface area contributed by atoms with E-state index in [0.29, 0.717) is 23.3 Å². The normalized spacial score (nSPS) is 22.3. The lowest BCUT2D eigenvalue weighted by Gasteiger charge is -2.24. The van der Waals surface area contributed by atoms with Gasteiger partial charge in [-0.1, -0.05) is 12.1 Å². The third-order valence-corrected chi connectivity index (χ3v) is 5.81. The number of amides is 1. The summed E-state index contributed by atoms with van der Waals surface area (Å²) < 4.78 is 33.6. The highest BCUT2D eigenvalue weighted by Crippen LogP contribution is 2.49. The fraction of sp³-hybridized carbons (Fsp3) is 0.182. The van der Waals surface area contributed by atoms with Crippen molar-refractivity contribution in [1.29, 1.82) is 0 Å². The number of benzene rings is 2. The van der Waals surface area contributed by atoms with Gasteiger partial charge in [0.15, 0.2) is 0 Å². The number of fused-ring (bicyclic) bond motifs is 9. The summed E-state index contributed by atoms with van der Waals surface area (Å²) in [6.07, 6.45) is 3.36. The minimum atomic E-state index is -2.67. The summed E-state index contributed by atoms with van der Waals surface area (Å²) in [5.74, 6) is -0.217. The number of imidazole rings is 1. The molecular formula is C22H17N5O2. The van der Waals surface area contributed by atoms with Gasteiger partial charge in [0.1, 0.15) is 19.2 Å². The van der Waals surface area contributed by atoms with Crippen molar-refractivity contribution in [3.63, 3.8) is 0 Å². The van der Waals surface area contributed by atoms with Crippen molar-refractivity contribution in [2.24, 2.45) is 0 Å². The molecule has 29 heavy (non-hydrogen) atoms. The molecule has 7 nitrogen and oxygen atoms in total. The van der Waals surface area contributed by atoms with E-state index in [2.05, 4.69) is 9.97 Å². The van der Waals surface area contributed by atoms with Crippen LogP contribution in [-0.2, 0) is 0 Å². The summed E-state index contributed by atoms with van der Waals surface area (Å²) in [6.45, 7) is -2.67. The first kappa shape index (κ1) is 12.7. The molecule has 0 unspecified atom stereocenters. The van der Waals surface area contributed by atoms with Crippen LogP contribution in [0.15, 0.2) is 55.1 Å². The molecule has 0 saturated heterocycles. The first-order valence-electron chi connectivity index (χ1n) is 11.2. The van der Waals surface area contributed by atoms with E-state index in [-0.39, 0.29) is 17.6 Å². The van der Waals surface area contributed by atoms with Gasteiger partial charge in [0.25, 0.3) is 5.91 Å². The average molecular weight is 387 g/mol. The van der Waals surface area contributed by atoms with Gasteiger partial charge in [-0.25, -0.2) is 15.0 Å². The highest BCUT2D eigenvalue weighted by atomic mass is 16.3. The topological polar surface area (TPSA) is 84.1 Å². The number of hydrogen-bond acceptors (Lipinski definition) is 5. The van der Waals surface area contributed by atoms with Gasteiger partial charge < -0.3 is 14.6 Å². The van der Waals surface area contributed by atoms with Gasteiger partial charge in [0, 0.05) is 46.6 Å². The van der Waals surface area contributed by atoms with E-state index >= 15 is 0 Å². The number of aromatic hydroxyl groups is 1. The number of nitrogens with zero attached hydrogens (tertiary/aromatic N) is 5. The SMILES string of the molecule is [2H]c1ncc(-c2ccc3nc4n(c3c2)[C@@H]2C[C@H]4N(C([2H])([2H])[2H])C(=O)c3cccc(O)c32)cn1. The highest BCUT2D eigenvalue weighted by Gasteiger charge is 2.44. The van der Waals surface area contributed by atoms with Crippen molar-refractivity contribution in [3.05, 3.63) is 72.0 Å². The Morgan fingerprint density at radius 2 is 2.03 bits per heavy atom. The van der Waals surface area contributed by atoms with Gasteiger partial charge >= 0.3 is 0 Å². The minimum absolute atomic E-state index is 0.0534. The van der Waals surface area contributed by atoms with Gasteiger partial charge in [-0.3, -0.25) is 4.79 Å². The van der Waals surface area contributed by atoms with E-state index in [4.69, 9.17) is 10.5 Å². The molecule has 2 aromatic heterocycles. The largest absolute Gasteiger partial charge is 0.508 e. The molecule has 0 spiro atoms. The summed E-state index contributed by atoms with van der Waals surface area (Å²) in [5.41, 5.74) is 3.53. The van der Waals surface area contributed by atoms with Gasteiger partial charge in [0.05, 0.1) is 23.1 Å². The lowest BCUT2D eigenvalue weighted by molar-refractivity contribution is 0.0734. The molecule has 0 radical (unpaired) electrons. The van der Waals surface area contributed by atoms with E-state index in [1.54, 1.807) is 24.5 Å². The summed E-state index contributed by atoms with van der Waals surface area (Å²) >= 11 is 0. The number of phenols is 1. The van der Waals surface area contributed by atoms with E-state index in [1.165, 1.54) is 6.07 Å². The monoisotopic (exact) mass is 387 g/mol. The molecule has 0 saturated carbocycles. The van der Waals surface area contributed by atoms with Crippen LogP contribution in [0.4, 0.5) is 0 Å². The van der Waals surface area contributed by atoms with Crippen molar-refractivity contribution in [1.82, 2.24) is 24.4 Å². The van der Waals surface area contributed by atoms with E-state index < -0.39 is 25.0 Å². The molecule has 1 amide bonds. The Morgan fingerprint density at radius 3 is 2.86 bits per heavy atom. The Labute approximate surface area is 171 Å². The zero-order valence-electron chi connectivity index (χ0n) is 19.1. The number of aromatic nitrogens is 4. The molecule has 2 atom stereocenters. The first-order valence-corrected chi connectivity index (χ1v) is 9.20. The standard InChI is InChI=1S/C22H17N5O2/c1-26-18-8-17(20-14(22(26)29)3-2-4-19(20)28)27-16-7-12(13-9-23-11-24-10-13)5-6-15(16)25-21(18)27/h2-7,9-11,17-18,28H,8H2,1H3/t17-,18-/m1/s1/i1D3,11D. The van der Waals surface area contributed by atoms with E-state index in [0.717, 1.165) is 21.5 Å². The van der Waals surface area contributed by atoms with Crippen LogP contribution in [0.3, 0.4) is 0 Å². The fourth-order valence-electron chi connectivity index (χ4n) is 4.52. The minimum Gasteiger partial charge on any atom is -0.508 e. The lowest BCUT2D eigenvalue weighted by atomic mass is 9.97. The predicted octanol–water partition coefficient (Wildman–Crippen LogP) is 3.32. The van der Waals surface area contributed by atoms with E-state index in [1.807, 2.05) is 22.8 Å². The number of carbonyl (C=O) groups is 1. The Balaban J connectivity index is 1.62. The second-order valence-electron chi connectivity index (χ2n) is 7.30. The molecule has 7 heteroatoms. The van der Waals surface area contributed by atoms with Crippen molar-refractivity contribution in [2.45, 2.75) is 18.5 Å². The Morgan fingerprint density at radius 1 is 1.17 bits per heavy atom. The summed E-state index contributed by atoms with van der Waals surface area (Å²) in [4.78, 5) is 26.8. The Kier molecular flexibility index (Phi) is 2.46. The second-order valence-corrected chi connectivity index (χ2v) is 7.30. The van der Waals surface area contributed by atoms with Gasteiger partial charge in [-0.05, 0) is 29.8 Å². The molecule has 2 aromatic carbocycles. The number of carbonyl (C=O) groups excluding carboxylic acids is 1. The maximum absolute atomic E-state index is 13.3. The summed E-state index contributed by atoms with van der Waals surface area (Å²) in [5, 5.41) is 10.7. The van der Waals surface area contributed by atoms with Crippen molar-refractivity contribution in [3.8, 4) is 16.9 Å². The second kappa shape index (κ2) is 5.64. The van der Waals surface area contributed by atoms with Crippen LogP contribution >= 0.6 is 0 Å². The van der Waals surface area contributed by atoms with Crippen molar-refractivity contribution >= 4 is 16.9 Å². The molecule has 0 fully saturated rings. The van der Waals surface area contributed by atoms with Crippen LogP contribution in [0.5, 0.6) is 5.75 Å². The molecule has 2 bridgehead atoms. The molecule has 0 aliphatic carbocycles. The molecule has 4 aromatic rings. The van der Waals surface area contributed by atoms with Crippen LogP contribution in [0, 0.1) is 0 Å². The molecule has 142 valence electrons. The lowest BCUT2D eigenvalue weighted by Crippen LogP contribution is -2.30.